The van der Waals surface area contributed by atoms with E-state index in [1.807, 2.05) is 49.4 Å². The smallest absolute Gasteiger partial charge is 0.252 e. The zero-order chi connectivity index (χ0) is 19.9. The fourth-order valence-corrected chi connectivity index (χ4v) is 2.97. The van der Waals surface area contributed by atoms with Gasteiger partial charge in [-0.05, 0) is 48.7 Å². The molecule has 2 N–H and O–H groups in total. The minimum absolute atomic E-state index is 0.173. The minimum atomic E-state index is -0.173. The summed E-state index contributed by atoms with van der Waals surface area (Å²) in [5.41, 5.74) is 4.11. The Hall–Kier alpha value is -3.05. The van der Waals surface area contributed by atoms with Crippen molar-refractivity contribution in [1.82, 2.24) is 10.3 Å². The standard InChI is InChI=1S/C22H22ClN3O2/c1-15-7-8-18(12-20(15)23)26-19-11-17(13-24-14-19)22(27)25-10-9-16-5-3-4-6-21(16)28-2/h3-8,11-14,26H,9-10H2,1-2H3,(H,25,27). The zero-order valence-electron chi connectivity index (χ0n) is 15.8. The lowest BCUT2D eigenvalue weighted by Crippen LogP contribution is -2.26. The maximum absolute atomic E-state index is 12.5. The number of aryl methyl sites for hydroxylation is 1. The highest BCUT2D eigenvalue weighted by atomic mass is 35.5. The van der Waals surface area contributed by atoms with E-state index in [9.17, 15) is 4.79 Å². The molecule has 0 aliphatic heterocycles. The van der Waals surface area contributed by atoms with Gasteiger partial charge in [-0.3, -0.25) is 9.78 Å². The van der Waals surface area contributed by atoms with Gasteiger partial charge in [0.2, 0.25) is 0 Å². The SMILES string of the molecule is COc1ccccc1CCNC(=O)c1cncc(Nc2ccc(C)c(Cl)c2)c1. The molecule has 28 heavy (non-hydrogen) atoms. The summed E-state index contributed by atoms with van der Waals surface area (Å²) in [6, 6.07) is 15.3. The van der Waals surface area contributed by atoms with Crippen molar-refractivity contribution in [3.05, 3.63) is 82.6 Å². The number of pyridine rings is 1. The van der Waals surface area contributed by atoms with Gasteiger partial charge in [-0.2, -0.15) is 0 Å². The van der Waals surface area contributed by atoms with Gasteiger partial charge in [0.15, 0.2) is 0 Å². The molecule has 0 atom stereocenters. The molecule has 1 aromatic heterocycles. The summed E-state index contributed by atoms with van der Waals surface area (Å²) in [7, 11) is 1.64. The maximum Gasteiger partial charge on any atom is 0.252 e. The second kappa shape index (κ2) is 9.24. The number of aromatic nitrogens is 1. The van der Waals surface area contributed by atoms with Gasteiger partial charge in [-0.25, -0.2) is 0 Å². The van der Waals surface area contributed by atoms with Crippen LogP contribution in [-0.4, -0.2) is 24.5 Å². The summed E-state index contributed by atoms with van der Waals surface area (Å²) in [5.74, 6) is 0.648. The van der Waals surface area contributed by atoms with Crippen molar-refractivity contribution in [2.24, 2.45) is 0 Å². The molecule has 3 aromatic rings. The molecule has 2 aromatic carbocycles. The number of anilines is 2. The van der Waals surface area contributed by atoms with Crippen molar-refractivity contribution in [2.45, 2.75) is 13.3 Å². The highest BCUT2D eigenvalue weighted by Gasteiger charge is 2.08. The van der Waals surface area contributed by atoms with Crippen LogP contribution in [0.4, 0.5) is 11.4 Å². The van der Waals surface area contributed by atoms with Crippen LogP contribution < -0.4 is 15.4 Å². The summed E-state index contributed by atoms with van der Waals surface area (Å²) < 4.78 is 5.34. The van der Waals surface area contributed by atoms with E-state index in [2.05, 4.69) is 15.6 Å². The number of halogens is 1. The third kappa shape index (κ3) is 5.02. The number of ether oxygens (including phenoxy) is 1. The predicted molar refractivity (Wildman–Crippen MR) is 113 cm³/mol. The number of nitrogens with one attached hydrogen (secondary N) is 2. The van der Waals surface area contributed by atoms with E-state index in [1.54, 1.807) is 25.6 Å². The average molecular weight is 396 g/mol. The third-order valence-electron chi connectivity index (χ3n) is 4.33. The van der Waals surface area contributed by atoms with Gasteiger partial charge in [0, 0.05) is 23.5 Å². The summed E-state index contributed by atoms with van der Waals surface area (Å²) >= 11 is 6.16. The van der Waals surface area contributed by atoms with Crippen LogP contribution in [0.15, 0.2) is 60.9 Å². The summed E-state index contributed by atoms with van der Waals surface area (Å²) in [5, 5.41) is 6.83. The van der Waals surface area contributed by atoms with Crippen molar-refractivity contribution in [1.29, 1.82) is 0 Å². The van der Waals surface area contributed by atoms with Crippen molar-refractivity contribution in [3.8, 4) is 5.75 Å². The molecule has 1 amide bonds. The molecule has 0 bridgehead atoms. The van der Waals surface area contributed by atoms with Crippen LogP contribution >= 0.6 is 11.6 Å². The van der Waals surface area contributed by atoms with E-state index >= 15 is 0 Å². The van der Waals surface area contributed by atoms with Crippen molar-refractivity contribution in [2.75, 3.05) is 19.0 Å². The molecule has 1 heterocycles. The number of methoxy groups -OCH3 is 1. The molecule has 0 unspecified atom stereocenters. The Labute approximate surface area is 169 Å². The largest absolute Gasteiger partial charge is 0.496 e. The first-order valence-corrected chi connectivity index (χ1v) is 9.33. The Balaban J connectivity index is 1.61. The predicted octanol–water partition coefficient (Wildman–Crippen LogP) is 4.77. The van der Waals surface area contributed by atoms with Crippen LogP contribution in [0.3, 0.4) is 0 Å². The first-order valence-electron chi connectivity index (χ1n) is 8.95. The summed E-state index contributed by atoms with van der Waals surface area (Å²) in [4.78, 5) is 16.6. The number of para-hydroxylation sites is 1. The number of hydrogen-bond donors (Lipinski definition) is 2. The van der Waals surface area contributed by atoms with Gasteiger partial charge in [0.05, 0.1) is 24.6 Å². The van der Waals surface area contributed by atoms with E-state index in [0.29, 0.717) is 23.6 Å². The summed E-state index contributed by atoms with van der Waals surface area (Å²) in [6.45, 7) is 2.45. The number of amides is 1. The van der Waals surface area contributed by atoms with Gasteiger partial charge in [0.25, 0.3) is 5.91 Å². The van der Waals surface area contributed by atoms with Crippen LogP contribution in [-0.2, 0) is 6.42 Å². The molecular weight excluding hydrogens is 374 g/mol. The Morgan fingerprint density at radius 1 is 1.11 bits per heavy atom. The lowest BCUT2D eigenvalue weighted by Gasteiger charge is -2.11. The van der Waals surface area contributed by atoms with E-state index in [4.69, 9.17) is 16.3 Å². The minimum Gasteiger partial charge on any atom is -0.496 e. The van der Waals surface area contributed by atoms with Gasteiger partial charge in [-0.1, -0.05) is 35.9 Å². The highest BCUT2D eigenvalue weighted by molar-refractivity contribution is 6.31. The van der Waals surface area contributed by atoms with Crippen LogP contribution in [0.2, 0.25) is 5.02 Å². The van der Waals surface area contributed by atoms with Gasteiger partial charge < -0.3 is 15.4 Å². The fraction of sp³-hybridized carbons (Fsp3) is 0.182. The topological polar surface area (TPSA) is 63.2 Å². The third-order valence-corrected chi connectivity index (χ3v) is 4.74. The van der Waals surface area contributed by atoms with E-state index in [-0.39, 0.29) is 5.91 Å². The van der Waals surface area contributed by atoms with Gasteiger partial charge >= 0.3 is 0 Å². The molecule has 0 spiro atoms. The van der Waals surface area contributed by atoms with Crippen molar-refractivity contribution in [3.63, 3.8) is 0 Å². The summed E-state index contributed by atoms with van der Waals surface area (Å²) in [6.07, 6.45) is 3.90. The molecule has 0 fully saturated rings. The maximum atomic E-state index is 12.5. The molecule has 6 heteroatoms. The Bertz CT molecular complexity index is 976. The van der Waals surface area contributed by atoms with Crippen LogP contribution in [0.5, 0.6) is 5.75 Å². The molecule has 0 aliphatic carbocycles. The first-order chi connectivity index (χ1) is 13.6. The molecule has 144 valence electrons. The fourth-order valence-electron chi connectivity index (χ4n) is 2.79. The molecule has 0 aliphatic rings. The molecule has 0 saturated carbocycles. The monoisotopic (exact) mass is 395 g/mol. The van der Waals surface area contributed by atoms with Crippen molar-refractivity contribution >= 4 is 28.9 Å². The van der Waals surface area contributed by atoms with Crippen LogP contribution in [0.25, 0.3) is 0 Å². The van der Waals surface area contributed by atoms with Gasteiger partial charge in [-0.15, -0.1) is 0 Å². The Morgan fingerprint density at radius 3 is 2.71 bits per heavy atom. The second-order valence-electron chi connectivity index (χ2n) is 6.37. The average Bonchev–Trinajstić information content (AvgIpc) is 2.71. The highest BCUT2D eigenvalue weighted by Crippen LogP contribution is 2.23. The number of carbonyl (C=O) groups is 1. The number of nitrogens with zero attached hydrogens (tertiary/aromatic N) is 1. The van der Waals surface area contributed by atoms with Crippen LogP contribution in [0.1, 0.15) is 21.5 Å². The lowest BCUT2D eigenvalue weighted by atomic mass is 10.1. The molecular formula is C22H22ClN3O2. The first kappa shape index (κ1) is 19.7. The molecule has 3 rings (SSSR count). The molecule has 0 radical (unpaired) electrons. The Morgan fingerprint density at radius 2 is 1.93 bits per heavy atom. The number of carbonyl (C=O) groups excluding carboxylic acids is 1. The van der Waals surface area contributed by atoms with Gasteiger partial charge in [0.1, 0.15) is 5.75 Å². The normalized spacial score (nSPS) is 10.4. The number of hydrogen-bond acceptors (Lipinski definition) is 4. The number of rotatable bonds is 7. The lowest BCUT2D eigenvalue weighted by molar-refractivity contribution is 0.0953. The van der Waals surface area contributed by atoms with E-state index in [0.717, 1.165) is 28.3 Å². The quantitative estimate of drug-likeness (QED) is 0.605. The molecule has 0 saturated heterocycles. The van der Waals surface area contributed by atoms with Crippen LogP contribution in [0, 0.1) is 6.92 Å². The van der Waals surface area contributed by atoms with E-state index < -0.39 is 0 Å². The zero-order valence-corrected chi connectivity index (χ0v) is 16.6. The second-order valence-corrected chi connectivity index (χ2v) is 6.78. The van der Waals surface area contributed by atoms with Crippen molar-refractivity contribution < 1.29 is 9.53 Å². The number of benzene rings is 2. The van der Waals surface area contributed by atoms with E-state index in [1.165, 1.54) is 0 Å². The molecule has 5 nitrogen and oxygen atoms in total. The Kier molecular flexibility index (Phi) is 6.50.